The Balaban J connectivity index is 2.28. The van der Waals surface area contributed by atoms with Crippen LogP contribution in [0, 0.1) is 0 Å². The minimum Gasteiger partial charge on any atom is -0.329 e. The summed E-state index contributed by atoms with van der Waals surface area (Å²) >= 11 is 24.2. The van der Waals surface area contributed by atoms with Crippen molar-refractivity contribution in [1.29, 1.82) is 0 Å². The summed E-state index contributed by atoms with van der Waals surface area (Å²) in [5.74, 6) is -0.489. The summed E-state index contributed by atoms with van der Waals surface area (Å²) in [5, 5.41) is 3.05. The Morgan fingerprint density at radius 2 is 2.10 bits per heavy atom. The number of hydrogen-bond acceptors (Lipinski definition) is 2. The molecule has 1 aromatic heterocycles. The van der Waals surface area contributed by atoms with Gasteiger partial charge in [-0.1, -0.05) is 46.9 Å². The van der Waals surface area contributed by atoms with Gasteiger partial charge in [-0.25, -0.2) is 4.98 Å². The molecule has 1 atom stereocenters. The van der Waals surface area contributed by atoms with Gasteiger partial charge in [0.2, 0.25) is 0 Å². The molecule has 4 nitrogen and oxygen atoms in total. The number of benzene rings is 1. The van der Waals surface area contributed by atoms with Gasteiger partial charge in [-0.3, -0.25) is 4.79 Å². The van der Waals surface area contributed by atoms with Crippen LogP contribution in [0.25, 0.3) is 0 Å². The lowest BCUT2D eigenvalue weighted by molar-refractivity contribution is 0.0915. The van der Waals surface area contributed by atoms with E-state index in [9.17, 15) is 4.79 Å². The van der Waals surface area contributed by atoms with Crippen molar-refractivity contribution in [2.45, 2.75) is 10.5 Å². The van der Waals surface area contributed by atoms with Crippen LogP contribution in [0.15, 0.2) is 43.0 Å². The highest BCUT2D eigenvalue weighted by Gasteiger charge is 2.37. The molecule has 21 heavy (non-hydrogen) atoms. The van der Waals surface area contributed by atoms with Crippen LogP contribution in [0.3, 0.4) is 0 Å². The fourth-order valence-electron chi connectivity index (χ4n) is 1.74. The molecule has 0 radical (unpaired) electrons. The summed E-state index contributed by atoms with van der Waals surface area (Å²) in [5.41, 5.74) is 0.322. The maximum atomic E-state index is 12.3. The molecule has 2 aromatic rings. The molecule has 0 fully saturated rings. The van der Waals surface area contributed by atoms with Crippen LogP contribution in [0.4, 0.5) is 0 Å². The van der Waals surface area contributed by atoms with E-state index in [1.165, 1.54) is 6.33 Å². The average molecular weight is 367 g/mol. The maximum Gasteiger partial charge on any atom is 0.254 e. The Morgan fingerprint density at radius 1 is 1.38 bits per heavy atom. The Hall–Kier alpha value is -0.940. The van der Waals surface area contributed by atoms with Gasteiger partial charge < -0.3 is 9.88 Å². The quantitative estimate of drug-likeness (QED) is 0.816. The minimum atomic E-state index is -1.40. The third-order valence-corrected chi connectivity index (χ3v) is 4.49. The molecule has 0 aliphatic carbocycles. The summed E-state index contributed by atoms with van der Waals surface area (Å²) in [6.07, 6.45) is 3.88. The number of nitrogens with zero attached hydrogens (tertiary/aromatic N) is 2. The number of hydrogen-bond donors (Lipinski definition) is 1. The third kappa shape index (κ3) is 3.83. The van der Waals surface area contributed by atoms with Crippen molar-refractivity contribution < 1.29 is 4.79 Å². The maximum absolute atomic E-state index is 12.3. The molecule has 0 spiro atoms. The highest BCUT2D eigenvalue weighted by Crippen LogP contribution is 2.34. The number of amides is 1. The largest absolute Gasteiger partial charge is 0.329 e. The molecule has 0 bridgehead atoms. The van der Waals surface area contributed by atoms with Gasteiger partial charge in [0, 0.05) is 12.4 Å². The molecule has 2 rings (SSSR count). The second-order valence-electron chi connectivity index (χ2n) is 4.26. The standard InChI is InChI=1S/C13H11Cl4N3O/c14-7-13(16,17)12(20-6-5-18-8-20)19-11(21)9-3-1-2-4-10(9)15/h1-6,8,12H,7H2,(H,19,21). The van der Waals surface area contributed by atoms with Crippen LogP contribution in [-0.4, -0.2) is 25.7 Å². The highest BCUT2D eigenvalue weighted by molar-refractivity contribution is 6.51. The van der Waals surface area contributed by atoms with E-state index in [4.69, 9.17) is 46.4 Å². The van der Waals surface area contributed by atoms with Crippen LogP contribution in [0.1, 0.15) is 16.5 Å². The van der Waals surface area contributed by atoms with Crippen LogP contribution >= 0.6 is 46.4 Å². The van der Waals surface area contributed by atoms with Crippen molar-refractivity contribution in [3.63, 3.8) is 0 Å². The molecular formula is C13H11Cl4N3O. The number of halogens is 4. The smallest absolute Gasteiger partial charge is 0.254 e. The summed E-state index contributed by atoms with van der Waals surface area (Å²) in [7, 11) is 0. The van der Waals surface area contributed by atoms with E-state index in [1.54, 1.807) is 41.2 Å². The number of alkyl halides is 3. The second-order valence-corrected chi connectivity index (χ2v) is 6.48. The molecule has 0 aliphatic heterocycles. The zero-order valence-electron chi connectivity index (χ0n) is 10.6. The lowest BCUT2D eigenvalue weighted by Crippen LogP contribution is -2.43. The summed E-state index contributed by atoms with van der Waals surface area (Å²) in [4.78, 5) is 16.3. The average Bonchev–Trinajstić information content (AvgIpc) is 2.98. The van der Waals surface area contributed by atoms with E-state index in [2.05, 4.69) is 10.3 Å². The van der Waals surface area contributed by atoms with E-state index in [-0.39, 0.29) is 5.88 Å². The fraction of sp³-hybridized carbons (Fsp3) is 0.231. The summed E-state index contributed by atoms with van der Waals surface area (Å²) in [6.45, 7) is 0. The predicted molar refractivity (Wildman–Crippen MR) is 85.3 cm³/mol. The molecule has 0 saturated heterocycles. The van der Waals surface area contributed by atoms with Gasteiger partial charge in [0.25, 0.3) is 5.91 Å². The molecule has 0 aliphatic rings. The Bertz CT molecular complexity index is 616. The van der Waals surface area contributed by atoms with Gasteiger partial charge >= 0.3 is 0 Å². The third-order valence-electron chi connectivity index (χ3n) is 2.79. The van der Waals surface area contributed by atoms with E-state index >= 15 is 0 Å². The number of carbonyl (C=O) groups excluding carboxylic acids is 1. The van der Waals surface area contributed by atoms with Gasteiger partial charge in [-0.05, 0) is 12.1 Å². The fourth-order valence-corrected chi connectivity index (χ4v) is 2.44. The number of imidazole rings is 1. The van der Waals surface area contributed by atoms with Gasteiger partial charge in [-0.15, -0.1) is 11.6 Å². The molecule has 1 unspecified atom stereocenters. The first-order valence-corrected chi connectivity index (χ1v) is 7.59. The van der Waals surface area contributed by atoms with E-state index in [1.807, 2.05) is 0 Å². The van der Waals surface area contributed by atoms with E-state index in [0.717, 1.165) is 0 Å². The van der Waals surface area contributed by atoms with Gasteiger partial charge in [0.1, 0.15) is 6.17 Å². The normalized spacial score (nSPS) is 13.0. The lowest BCUT2D eigenvalue weighted by Gasteiger charge is -2.30. The molecule has 1 amide bonds. The summed E-state index contributed by atoms with van der Waals surface area (Å²) < 4.78 is 0.163. The van der Waals surface area contributed by atoms with E-state index in [0.29, 0.717) is 10.6 Å². The zero-order valence-corrected chi connectivity index (χ0v) is 13.7. The Labute approximate surface area is 142 Å². The predicted octanol–water partition coefficient (Wildman–Crippen LogP) is 3.88. The number of nitrogens with one attached hydrogen (secondary N) is 1. The van der Waals surface area contributed by atoms with Gasteiger partial charge in [0.05, 0.1) is 22.8 Å². The lowest BCUT2D eigenvalue weighted by atomic mass is 10.2. The summed E-state index contributed by atoms with van der Waals surface area (Å²) in [6, 6.07) is 6.67. The van der Waals surface area contributed by atoms with Crippen LogP contribution in [0.2, 0.25) is 5.02 Å². The molecule has 1 aromatic carbocycles. The highest BCUT2D eigenvalue weighted by atomic mass is 35.5. The Morgan fingerprint density at radius 3 is 2.67 bits per heavy atom. The number of rotatable bonds is 5. The van der Waals surface area contributed by atoms with E-state index < -0.39 is 16.4 Å². The molecular weight excluding hydrogens is 356 g/mol. The first kappa shape index (κ1) is 16.4. The van der Waals surface area contributed by atoms with Crippen molar-refractivity contribution >= 4 is 52.3 Å². The van der Waals surface area contributed by atoms with Crippen molar-refractivity contribution in [3.8, 4) is 0 Å². The van der Waals surface area contributed by atoms with Crippen molar-refractivity contribution in [2.24, 2.45) is 0 Å². The molecule has 1 heterocycles. The molecule has 1 N–H and O–H groups in total. The number of aromatic nitrogens is 2. The van der Waals surface area contributed by atoms with Crippen LogP contribution in [0.5, 0.6) is 0 Å². The second kappa shape index (κ2) is 6.88. The topological polar surface area (TPSA) is 46.9 Å². The van der Waals surface area contributed by atoms with Gasteiger partial charge in [-0.2, -0.15) is 0 Å². The first-order chi connectivity index (χ1) is 9.95. The monoisotopic (exact) mass is 365 g/mol. The van der Waals surface area contributed by atoms with Gasteiger partial charge in [0.15, 0.2) is 4.33 Å². The SMILES string of the molecule is O=C(NC(n1ccnc1)C(Cl)(Cl)CCl)c1ccccc1Cl. The minimum absolute atomic E-state index is 0.0816. The molecule has 112 valence electrons. The molecule has 0 saturated carbocycles. The zero-order chi connectivity index (χ0) is 15.5. The van der Waals surface area contributed by atoms with Crippen molar-refractivity contribution in [1.82, 2.24) is 14.9 Å². The number of carbonyl (C=O) groups is 1. The first-order valence-electron chi connectivity index (χ1n) is 5.92. The van der Waals surface area contributed by atoms with Crippen LogP contribution in [-0.2, 0) is 0 Å². The Kier molecular flexibility index (Phi) is 5.38. The van der Waals surface area contributed by atoms with Crippen molar-refractivity contribution in [3.05, 3.63) is 53.6 Å². The van der Waals surface area contributed by atoms with Crippen molar-refractivity contribution in [2.75, 3.05) is 5.88 Å². The molecule has 8 heteroatoms. The van der Waals surface area contributed by atoms with Crippen LogP contribution < -0.4 is 5.32 Å².